The zero-order valence-corrected chi connectivity index (χ0v) is 15.8. The maximum absolute atomic E-state index is 7.07. The van der Waals surface area contributed by atoms with Crippen molar-refractivity contribution in [1.82, 2.24) is 10.7 Å². The molecule has 1 aromatic rings. The average Bonchev–Trinajstić information content (AvgIpc) is 2.56. The van der Waals surface area contributed by atoms with Crippen molar-refractivity contribution in [2.75, 3.05) is 13.4 Å². The van der Waals surface area contributed by atoms with Gasteiger partial charge in [0.25, 0.3) is 0 Å². The van der Waals surface area contributed by atoms with Crippen LogP contribution in [0.25, 0.3) is 0 Å². The summed E-state index contributed by atoms with van der Waals surface area (Å²) in [6, 6.07) is 3.93. The van der Waals surface area contributed by atoms with Gasteiger partial charge in [-0.1, -0.05) is 30.7 Å². The zero-order valence-electron chi connectivity index (χ0n) is 14.2. The molecule has 0 bridgehead atoms. The summed E-state index contributed by atoms with van der Waals surface area (Å²) in [5.74, 6) is 1.61. The van der Waals surface area contributed by atoms with Crippen molar-refractivity contribution in [1.29, 1.82) is 5.53 Å². The van der Waals surface area contributed by atoms with Gasteiger partial charge >= 0.3 is 0 Å². The van der Waals surface area contributed by atoms with E-state index in [9.17, 15) is 0 Å². The molecule has 1 unspecified atom stereocenters. The molecule has 0 fully saturated rings. The van der Waals surface area contributed by atoms with E-state index in [1.54, 1.807) is 18.9 Å². The lowest BCUT2D eigenvalue weighted by atomic mass is 9.92. The van der Waals surface area contributed by atoms with Gasteiger partial charge in [-0.3, -0.25) is 0 Å². The maximum Gasteiger partial charge on any atom is 0.168 e. The first kappa shape index (κ1) is 18.6. The van der Waals surface area contributed by atoms with Gasteiger partial charge in [-0.25, -0.2) is 10.4 Å². The molecular weight excluding hydrogens is 346 g/mol. The Labute approximate surface area is 151 Å². The predicted octanol–water partition coefficient (Wildman–Crippen LogP) is 4.08. The quantitative estimate of drug-likeness (QED) is 0.522. The first-order valence-corrected chi connectivity index (χ1v) is 9.21. The number of rotatable bonds is 6. The summed E-state index contributed by atoms with van der Waals surface area (Å²) in [4.78, 5) is 4.52. The fourth-order valence-electron chi connectivity index (χ4n) is 2.55. The molecule has 0 amide bonds. The first-order valence-electron chi connectivity index (χ1n) is 7.55. The van der Waals surface area contributed by atoms with Crippen molar-refractivity contribution in [3.05, 3.63) is 40.1 Å². The Bertz CT molecular complexity index is 675. The smallest absolute Gasteiger partial charge is 0.168 e. The number of aliphatic imine (C=N–C) groups is 1. The molecule has 8 heteroatoms. The summed E-state index contributed by atoms with van der Waals surface area (Å²) < 4.78 is 5.33. The lowest BCUT2D eigenvalue weighted by Crippen LogP contribution is -2.33. The minimum atomic E-state index is -0.0815. The van der Waals surface area contributed by atoms with Gasteiger partial charge < -0.3 is 10.1 Å². The lowest BCUT2D eigenvalue weighted by Gasteiger charge is -2.22. The SMILES string of the molecule is COc1cc(C(C)C)c(CC2=CNC(SC)N=C2NN=N)cc1Cl. The van der Waals surface area contributed by atoms with E-state index < -0.39 is 0 Å². The molecule has 130 valence electrons. The summed E-state index contributed by atoms with van der Waals surface area (Å²) in [6.07, 6.45) is 4.52. The number of nitrogens with zero attached hydrogens (tertiary/aromatic N) is 2. The highest BCUT2D eigenvalue weighted by Gasteiger charge is 2.19. The van der Waals surface area contributed by atoms with Gasteiger partial charge in [0.1, 0.15) is 5.75 Å². The Morgan fingerprint density at radius 1 is 1.50 bits per heavy atom. The van der Waals surface area contributed by atoms with Crippen LogP contribution >= 0.6 is 23.4 Å². The van der Waals surface area contributed by atoms with E-state index in [0.29, 0.717) is 28.9 Å². The average molecular weight is 368 g/mol. The largest absolute Gasteiger partial charge is 0.495 e. The van der Waals surface area contributed by atoms with Crippen LogP contribution in [0.5, 0.6) is 5.75 Å². The topological polar surface area (TPSA) is 81.9 Å². The van der Waals surface area contributed by atoms with Crippen molar-refractivity contribution >= 4 is 29.2 Å². The van der Waals surface area contributed by atoms with Gasteiger partial charge in [-0.15, -0.1) is 11.8 Å². The number of nitrogens with one attached hydrogen (secondary N) is 3. The van der Waals surface area contributed by atoms with Crippen molar-refractivity contribution in [2.45, 2.75) is 31.7 Å². The van der Waals surface area contributed by atoms with Crippen LogP contribution in [-0.4, -0.2) is 24.7 Å². The number of thioether (sulfide) groups is 1. The molecule has 0 spiro atoms. The molecule has 0 saturated carbocycles. The summed E-state index contributed by atoms with van der Waals surface area (Å²) in [5.41, 5.74) is 12.9. The molecule has 1 heterocycles. The third-order valence-electron chi connectivity index (χ3n) is 3.75. The van der Waals surface area contributed by atoms with E-state index in [4.69, 9.17) is 21.9 Å². The van der Waals surface area contributed by atoms with Gasteiger partial charge in [0, 0.05) is 18.2 Å². The second kappa shape index (κ2) is 8.39. The molecule has 0 saturated heterocycles. The van der Waals surface area contributed by atoms with Crippen LogP contribution in [0.1, 0.15) is 30.9 Å². The van der Waals surface area contributed by atoms with E-state index in [1.165, 1.54) is 5.56 Å². The molecule has 2 rings (SSSR count). The second-order valence-corrected chi connectivity index (χ2v) is 6.97. The van der Waals surface area contributed by atoms with Crippen molar-refractivity contribution in [3.8, 4) is 5.75 Å². The summed E-state index contributed by atoms with van der Waals surface area (Å²) in [5, 5.41) is 7.08. The molecule has 3 N–H and O–H groups in total. The Morgan fingerprint density at radius 2 is 2.25 bits per heavy atom. The number of methoxy groups -OCH3 is 1. The van der Waals surface area contributed by atoms with E-state index in [0.717, 1.165) is 11.1 Å². The molecule has 0 radical (unpaired) electrons. The summed E-state index contributed by atoms with van der Waals surface area (Å²) in [6.45, 7) is 4.27. The molecule has 1 aliphatic rings. The molecule has 6 nitrogen and oxygen atoms in total. The number of hydrogen-bond donors (Lipinski definition) is 3. The van der Waals surface area contributed by atoms with E-state index >= 15 is 0 Å². The minimum absolute atomic E-state index is 0.0815. The van der Waals surface area contributed by atoms with Gasteiger partial charge in [0.05, 0.1) is 12.1 Å². The highest BCUT2D eigenvalue weighted by atomic mass is 35.5. The standard InChI is InChI=1S/C16H22ClN5OS/c1-9(2)12-7-14(23-3)13(17)6-10(12)5-11-8-19-16(24-4)20-15(11)21-22-18/h6-9,16,19H,5H2,1-4H3,(H2,18,20,21). The van der Waals surface area contributed by atoms with Crippen molar-refractivity contribution in [3.63, 3.8) is 0 Å². The van der Waals surface area contributed by atoms with E-state index in [2.05, 4.69) is 34.8 Å². The van der Waals surface area contributed by atoms with Gasteiger partial charge in [-0.2, -0.15) is 5.53 Å². The Hall–Kier alpha value is -1.73. The predicted molar refractivity (Wildman–Crippen MR) is 100 cm³/mol. The van der Waals surface area contributed by atoms with Crippen molar-refractivity contribution in [2.24, 2.45) is 10.2 Å². The van der Waals surface area contributed by atoms with Crippen LogP contribution in [0.2, 0.25) is 5.02 Å². The van der Waals surface area contributed by atoms with Gasteiger partial charge in [0.2, 0.25) is 0 Å². The molecule has 1 atom stereocenters. The number of benzene rings is 1. The third-order valence-corrected chi connectivity index (χ3v) is 4.74. The fourth-order valence-corrected chi connectivity index (χ4v) is 3.23. The van der Waals surface area contributed by atoms with Crippen LogP contribution in [-0.2, 0) is 6.42 Å². The van der Waals surface area contributed by atoms with Crippen LogP contribution in [0.4, 0.5) is 0 Å². The monoisotopic (exact) mass is 367 g/mol. The maximum atomic E-state index is 7.07. The molecule has 0 aliphatic carbocycles. The van der Waals surface area contributed by atoms with Crippen LogP contribution in [0, 0.1) is 5.53 Å². The number of halogens is 1. The normalized spacial score (nSPS) is 17.0. The Balaban J connectivity index is 2.36. The van der Waals surface area contributed by atoms with Crippen molar-refractivity contribution < 1.29 is 4.74 Å². The number of hydrogen-bond acceptors (Lipinski definition) is 6. The molecule has 0 aromatic heterocycles. The second-order valence-electron chi connectivity index (χ2n) is 5.64. The lowest BCUT2D eigenvalue weighted by molar-refractivity contribution is 0.414. The molecule has 1 aromatic carbocycles. The van der Waals surface area contributed by atoms with E-state index in [-0.39, 0.29) is 5.50 Å². The summed E-state index contributed by atoms with van der Waals surface area (Å²) >= 11 is 7.88. The number of ether oxygens (including phenoxy) is 1. The highest BCUT2D eigenvalue weighted by Crippen LogP contribution is 2.33. The molecule has 1 aliphatic heterocycles. The van der Waals surface area contributed by atoms with E-state index in [1.807, 2.05) is 24.6 Å². The zero-order chi connectivity index (χ0) is 17.7. The molecule has 24 heavy (non-hydrogen) atoms. The highest BCUT2D eigenvalue weighted by molar-refractivity contribution is 7.99. The third kappa shape index (κ3) is 4.21. The van der Waals surface area contributed by atoms with Crippen LogP contribution < -0.4 is 15.5 Å². The van der Waals surface area contributed by atoms with Gasteiger partial charge in [-0.05, 0) is 35.4 Å². The van der Waals surface area contributed by atoms with Crippen LogP contribution in [0.3, 0.4) is 0 Å². The fraction of sp³-hybridized carbons (Fsp3) is 0.438. The Morgan fingerprint density at radius 3 is 2.83 bits per heavy atom. The minimum Gasteiger partial charge on any atom is -0.495 e. The first-order chi connectivity index (χ1) is 11.5. The Kier molecular flexibility index (Phi) is 6.51. The van der Waals surface area contributed by atoms with Crippen LogP contribution in [0.15, 0.2) is 34.1 Å². The van der Waals surface area contributed by atoms with Gasteiger partial charge in [0.15, 0.2) is 11.3 Å². The molecular formula is C16H22ClN5OS. The summed E-state index contributed by atoms with van der Waals surface area (Å²) in [7, 11) is 1.62. The number of amidine groups is 1.